The molecule has 2 aromatic carbocycles. The van der Waals surface area contributed by atoms with Gasteiger partial charge in [0.2, 0.25) is 0 Å². The Morgan fingerprint density at radius 3 is 2.18 bits per heavy atom. The third kappa shape index (κ3) is 3.84. The van der Waals surface area contributed by atoms with Gasteiger partial charge in [-0.05, 0) is 54.7 Å². The van der Waals surface area contributed by atoms with Crippen molar-refractivity contribution in [3.63, 3.8) is 0 Å². The van der Waals surface area contributed by atoms with Crippen molar-refractivity contribution in [3.05, 3.63) is 104 Å². The fourth-order valence-corrected chi connectivity index (χ4v) is 4.33. The molecule has 4 rings (SSSR count). The minimum atomic E-state index is -0.498. The number of hydrogen-bond donors (Lipinski definition) is 2. The van der Waals surface area contributed by atoms with Gasteiger partial charge in [0.1, 0.15) is 5.82 Å². The molecule has 0 radical (unpaired) electrons. The molecule has 1 heterocycles. The first-order chi connectivity index (χ1) is 13.6. The van der Waals surface area contributed by atoms with Crippen LogP contribution in [0.4, 0.5) is 4.39 Å². The van der Waals surface area contributed by atoms with Gasteiger partial charge in [-0.1, -0.05) is 48.5 Å². The van der Waals surface area contributed by atoms with E-state index in [9.17, 15) is 14.0 Å². The lowest BCUT2D eigenvalue weighted by Gasteiger charge is -2.29. The quantitative estimate of drug-likeness (QED) is 0.713. The summed E-state index contributed by atoms with van der Waals surface area (Å²) in [5.74, 6) is 0.268. The van der Waals surface area contributed by atoms with Crippen molar-refractivity contribution in [1.82, 2.24) is 9.97 Å². The fourth-order valence-electron chi connectivity index (χ4n) is 4.33. The van der Waals surface area contributed by atoms with Crippen molar-refractivity contribution in [2.24, 2.45) is 0 Å². The van der Waals surface area contributed by atoms with E-state index in [1.54, 1.807) is 18.2 Å². The molecule has 5 heteroatoms. The van der Waals surface area contributed by atoms with E-state index in [4.69, 9.17) is 0 Å². The van der Waals surface area contributed by atoms with Crippen molar-refractivity contribution >= 4 is 0 Å². The van der Waals surface area contributed by atoms with Gasteiger partial charge in [0.15, 0.2) is 0 Å². The molecule has 1 aliphatic carbocycles. The molecule has 0 saturated heterocycles. The number of aromatic nitrogens is 2. The number of rotatable bonds is 4. The Morgan fingerprint density at radius 2 is 1.46 bits per heavy atom. The first-order valence-corrected chi connectivity index (χ1v) is 9.75. The van der Waals surface area contributed by atoms with Crippen LogP contribution in [0.15, 0.2) is 64.2 Å². The van der Waals surface area contributed by atoms with Crippen LogP contribution in [0.2, 0.25) is 0 Å². The second-order valence-electron chi connectivity index (χ2n) is 7.53. The van der Waals surface area contributed by atoms with Gasteiger partial charge in [-0.15, -0.1) is 0 Å². The zero-order valence-electron chi connectivity index (χ0n) is 15.6. The minimum Gasteiger partial charge on any atom is -0.311 e. The summed E-state index contributed by atoms with van der Waals surface area (Å²) >= 11 is 0. The van der Waals surface area contributed by atoms with E-state index in [-0.39, 0.29) is 18.2 Å². The van der Waals surface area contributed by atoms with Crippen molar-refractivity contribution in [2.45, 2.75) is 43.9 Å². The molecule has 1 saturated carbocycles. The lowest BCUT2D eigenvalue weighted by atomic mass is 9.76. The molecule has 144 valence electrons. The normalized spacial score (nSPS) is 19.5. The molecule has 1 aliphatic rings. The van der Waals surface area contributed by atoms with Crippen molar-refractivity contribution in [1.29, 1.82) is 0 Å². The summed E-state index contributed by atoms with van der Waals surface area (Å²) in [5, 5.41) is 0. The first-order valence-electron chi connectivity index (χ1n) is 9.75. The van der Waals surface area contributed by atoms with Crippen LogP contribution in [0.5, 0.6) is 0 Å². The van der Waals surface area contributed by atoms with Gasteiger partial charge in [0.05, 0.1) is 0 Å². The molecule has 0 bridgehead atoms. The molecule has 4 nitrogen and oxygen atoms in total. The lowest BCUT2D eigenvalue weighted by molar-refractivity contribution is 0.388. The topological polar surface area (TPSA) is 65.7 Å². The zero-order chi connectivity index (χ0) is 19.5. The van der Waals surface area contributed by atoms with E-state index in [0.717, 1.165) is 25.7 Å². The van der Waals surface area contributed by atoms with Crippen LogP contribution in [0, 0.1) is 5.82 Å². The summed E-state index contributed by atoms with van der Waals surface area (Å²) in [5.41, 5.74) is 2.01. The minimum absolute atomic E-state index is 0.108. The Labute approximate surface area is 162 Å². The highest BCUT2D eigenvalue weighted by Gasteiger charge is 2.27. The fraction of sp³-hybridized carbons (Fsp3) is 0.304. The molecular formula is C23H23FN2O2. The van der Waals surface area contributed by atoms with Gasteiger partial charge in [0.25, 0.3) is 5.56 Å². The van der Waals surface area contributed by atoms with Gasteiger partial charge >= 0.3 is 5.69 Å². The molecule has 0 spiro atoms. The lowest BCUT2D eigenvalue weighted by Crippen LogP contribution is -2.30. The SMILES string of the molecule is O=c1[nH]c(C2CCC(c3ccccc3)CC2)c(Cc2ccccc2F)c(=O)[nH]1. The molecule has 0 unspecified atom stereocenters. The smallest absolute Gasteiger partial charge is 0.311 e. The second kappa shape index (κ2) is 7.97. The molecule has 28 heavy (non-hydrogen) atoms. The van der Waals surface area contributed by atoms with E-state index in [1.165, 1.54) is 11.6 Å². The molecule has 1 fully saturated rings. The summed E-state index contributed by atoms with van der Waals surface area (Å²) in [7, 11) is 0. The van der Waals surface area contributed by atoms with Crippen molar-refractivity contribution < 1.29 is 4.39 Å². The summed E-state index contributed by atoms with van der Waals surface area (Å²) in [6.07, 6.45) is 3.96. The van der Waals surface area contributed by atoms with Crippen molar-refractivity contribution in [3.8, 4) is 0 Å². The third-order valence-corrected chi connectivity index (χ3v) is 5.81. The number of hydrogen-bond acceptors (Lipinski definition) is 2. The van der Waals surface area contributed by atoms with Gasteiger partial charge < -0.3 is 4.98 Å². The van der Waals surface area contributed by atoms with Crippen LogP contribution >= 0.6 is 0 Å². The summed E-state index contributed by atoms with van der Waals surface area (Å²) in [6.45, 7) is 0. The van der Waals surface area contributed by atoms with Crippen molar-refractivity contribution in [2.75, 3.05) is 0 Å². The average Bonchev–Trinajstić information content (AvgIpc) is 2.72. The maximum Gasteiger partial charge on any atom is 0.325 e. The Balaban J connectivity index is 1.60. The predicted octanol–water partition coefficient (Wildman–Crippen LogP) is 4.23. The Hall–Kier alpha value is -2.95. The number of nitrogens with one attached hydrogen (secondary N) is 2. The van der Waals surface area contributed by atoms with Gasteiger partial charge in [-0.3, -0.25) is 9.78 Å². The van der Waals surface area contributed by atoms with Crippen LogP contribution < -0.4 is 11.2 Å². The Kier molecular flexibility index (Phi) is 5.24. The predicted molar refractivity (Wildman–Crippen MR) is 107 cm³/mol. The van der Waals surface area contributed by atoms with Crippen LogP contribution in [-0.2, 0) is 6.42 Å². The molecule has 3 aromatic rings. The summed E-state index contributed by atoms with van der Waals surface area (Å²) in [4.78, 5) is 29.6. The highest BCUT2D eigenvalue weighted by molar-refractivity contribution is 5.30. The number of halogens is 1. The Bertz CT molecular complexity index is 1060. The van der Waals surface area contributed by atoms with Crippen LogP contribution in [0.3, 0.4) is 0 Å². The second-order valence-corrected chi connectivity index (χ2v) is 7.53. The highest BCUT2D eigenvalue weighted by atomic mass is 19.1. The molecule has 1 aromatic heterocycles. The Morgan fingerprint density at radius 1 is 0.821 bits per heavy atom. The first kappa shape index (κ1) is 18.4. The molecule has 0 aliphatic heterocycles. The zero-order valence-corrected chi connectivity index (χ0v) is 15.6. The average molecular weight is 378 g/mol. The number of aromatic amines is 2. The van der Waals surface area contributed by atoms with E-state index in [2.05, 4.69) is 34.2 Å². The summed E-state index contributed by atoms with van der Waals surface area (Å²) in [6, 6.07) is 16.9. The largest absolute Gasteiger partial charge is 0.325 e. The molecule has 2 N–H and O–H groups in total. The molecular weight excluding hydrogens is 355 g/mol. The van der Waals surface area contributed by atoms with Crippen LogP contribution in [-0.4, -0.2) is 9.97 Å². The summed E-state index contributed by atoms with van der Waals surface area (Å²) < 4.78 is 14.1. The van der Waals surface area contributed by atoms with E-state index in [1.807, 2.05) is 6.07 Å². The number of H-pyrrole nitrogens is 2. The molecule has 0 amide bonds. The van der Waals surface area contributed by atoms with Crippen LogP contribution in [0.25, 0.3) is 0 Å². The maximum absolute atomic E-state index is 14.1. The van der Waals surface area contributed by atoms with E-state index >= 15 is 0 Å². The standard InChI is InChI=1S/C23H23FN2O2/c24-20-9-5-4-8-18(20)14-19-21(25-23(28)26-22(19)27)17-12-10-16(11-13-17)15-6-2-1-3-7-15/h1-9,16-17H,10-14H2,(H2,25,26,27,28). The van der Waals surface area contributed by atoms with E-state index in [0.29, 0.717) is 22.7 Å². The van der Waals surface area contributed by atoms with Crippen LogP contribution in [0.1, 0.15) is 59.9 Å². The van der Waals surface area contributed by atoms with Gasteiger partial charge in [-0.25, -0.2) is 9.18 Å². The third-order valence-electron chi connectivity index (χ3n) is 5.81. The van der Waals surface area contributed by atoms with Gasteiger partial charge in [-0.2, -0.15) is 0 Å². The highest BCUT2D eigenvalue weighted by Crippen LogP contribution is 2.40. The monoisotopic (exact) mass is 378 g/mol. The number of benzene rings is 2. The maximum atomic E-state index is 14.1. The van der Waals surface area contributed by atoms with Gasteiger partial charge in [0, 0.05) is 17.7 Å². The molecule has 0 atom stereocenters. The van der Waals surface area contributed by atoms with E-state index < -0.39 is 11.2 Å².